The van der Waals surface area contributed by atoms with E-state index in [0.29, 0.717) is 24.1 Å². The average Bonchev–Trinajstić information content (AvgIpc) is 2.59. The van der Waals surface area contributed by atoms with Crippen molar-refractivity contribution in [3.63, 3.8) is 0 Å². The van der Waals surface area contributed by atoms with E-state index in [-0.39, 0.29) is 12.5 Å². The highest BCUT2D eigenvalue weighted by molar-refractivity contribution is 5.81. The molecule has 0 aromatic carbocycles. The van der Waals surface area contributed by atoms with Crippen molar-refractivity contribution in [3.05, 3.63) is 11.7 Å². The van der Waals surface area contributed by atoms with Crippen molar-refractivity contribution in [1.29, 1.82) is 0 Å². The summed E-state index contributed by atoms with van der Waals surface area (Å²) in [6, 6.07) is -0.479. The van der Waals surface area contributed by atoms with Gasteiger partial charge >= 0.3 is 0 Å². The molecule has 0 aliphatic heterocycles. The SMILES string of the molecule is Cc1nc(CNC(=O)[C@H](N)CC(C)C)no1. The molecular formula is C10H18N4O2. The number of hydrogen-bond acceptors (Lipinski definition) is 5. The van der Waals surface area contributed by atoms with Crippen LogP contribution in [-0.2, 0) is 11.3 Å². The van der Waals surface area contributed by atoms with Gasteiger partial charge in [0.05, 0.1) is 12.6 Å². The molecule has 0 radical (unpaired) electrons. The second-order valence-corrected chi connectivity index (χ2v) is 4.18. The van der Waals surface area contributed by atoms with Crippen molar-refractivity contribution in [2.75, 3.05) is 0 Å². The fourth-order valence-electron chi connectivity index (χ4n) is 1.33. The van der Waals surface area contributed by atoms with Gasteiger partial charge in [0.2, 0.25) is 11.8 Å². The molecule has 1 aromatic rings. The van der Waals surface area contributed by atoms with Gasteiger partial charge in [-0.3, -0.25) is 4.79 Å². The normalized spacial score (nSPS) is 12.8. The van der Waals surface area contributed by atoms with Gasteiger partial charge in [-0.2, -0.15) is 4.98 Å². The Morgan fingerprint density at radius 2 is 2.25 bits per heavy atom. The Morgan fingerprint density at radius 3 is 2.75 bits per heavy atom. The van der Waals surface area contributed by atoms with Crippen LogP contribution in [-0.4, -0.2) is 22.1 Å². The number of nitrogens with one attached hydrogen (secondary N) is 1. The van der Waals surface area contributed by atoms with Crippen LogP contribution >= 0.6 is 0 Å². The molecule has 1 atom stereocenters. The number of aromatic nitrogens is 2. The molecule has 6 heteroatoms. The monoisotopic (exact) mass is 226 g/mol. The molecular weight excluding hydrogens is 208 g/mol. The summed E-state index contributed by atoms with van der Waals surface area (Å²) < 4.78 is 4.78. The van der Waals surface area contributed by atoms with Gasteiger partial charge in [-0.05, 0) is 12.3 Å². The predicted molar refractivity (Wildman–Crippen MR) is 58.3 cm³/mol. The van der Waals surface area contributed by atoms with E-state index in [4.69, 9.17) is 10.3 Å². The van der Waals surface area contributed by atoms with Gasteiger partial charge in [0.25, 0.3) is 0 Å². The molecule has 16 heavy (non-hydrogen) atoms. The molecule has 0 aliphatic rings. The molecule has 1 heterocycles. The van der Waals surface area contributed by atoms with Crippen LogP contribution in [0.25, 0.3) is 0 Å². The maximum atomic E-state index is 11.5. The van der Waals surface area contributed by atoms with Gasteiger partial charge < -0.3 is 15.6 Å². The topological polar surface area (TPSA) is 94.0 Å². The fourth-order valence-corrected chi connectivity index (χ4v) is 1.33. The van der Waals surface area contributed by atoms with Crippen LogP contribution in [0.5, 0.6) is 0 Å². The van der Waals surface area contributed by atoms with Crippen molar-refractivity contribution in [2.24, 2.45) is 11.7 Å². The van der Waals surface area contributed by atoms with Gasteiger partial charge in [-0.15, -0.1) is 0 Å². The molecule has 6 nitrogen and oxygen atoms in total. The molecule has 0 spiro atoms. The summed E-state index contributed by atoms with van der Waals surface area (Å²) in [6.07, 6.45) is 0.664. The van der Waals surface area contributed by atoms with Crippen molar-refractivity contribution >= 4 is 5.91 Å². The number of hydrogen-bond donors (Lipinski definition) is 2. The number of carbonyl (C=O) groups is 1. The predicted octanol–water partition coefficient (Wildman–Crippen LogP) is 0.368. The molecule has 0 saturated heterocycles. The van der Waals surface area contributed by atoms with E-state index < -0.39 is 6.04 Å². The van der Waals surface area contributed by atoms with E-state index in [1.807, 2.05) is 13.8 Å². The first-order chi connectivity index (χ1) is 7.49. The van der Waals surface area contributed by atoms with Crippen molar-refractivity contribution < 1.29 is 9.32 Å². The summed E-state index contributed by atoms with van der Waals surface area (Å²) in [7, 11) is 0. The van der Waals surface area contributed by atoms with E-state index in [9.17, 15) is 4.79 Å². The summed E-state index contributed by atoms with van der Waals surface area (Å²) in [5, 5.41) is 6.33. The van der Waals surface area contributed by atoms with Gasteiger partial charge in [0, 0.05) is 6.92 Å². The maximum absolute atomic E-state index is 11.5. The summed E-state index contributed by atoms with van der Waals surface area (Å²) in [4.78, 5) is 15.5. The quantitative estimate of drug-likeness (QED) is 0.756. The van der Waals surface area contributed by atoms with E-state index in [2.05, 4.69) is 15.5 Å². The second kappa shape index (κ2) is 5.60. The van der Waals surface area contributed by atoms with Gasteiger partial charge in [-0.25, -0.2) is 0 Å². The van der Waals surface area contributed by atoms with Crippen LogP contribution in [0, 0.1) is 12.8 Å². The first-order valence-electron chi connectivity index (χ1n) is 5.31. The van der Waals surface area contributed by atoms with E-state index >= 15 is 0 Å². The summed E-state index contributed by atoms with van der Waals surface area (Å²) in [5.74, 6) is 1.16. The Balaban J connectivity index is 2.35. The van der Waals surface area contributed by atoms with E-state index in [0.717, 1.165) is 0 Å². The summed E-state index contributed by atoms with van der Waals surface area (Å²) >= 11 is 0. The minimum atomic E-state index is -0.479. The van der Waals surface area contributed by atoms with Gasteiger partial charge in [-0.1, -0.05) is 19.0 Å². The molecule has 0 aliphatic carbocycles. The first kappa shape index (κ1) is 12.6. The largest absolute Gasteiger partial charge is 0.347 e. The molecule has 1 aromatic heterocycles. The lowest BCUT2D eigenvalue weighted by Gasteiger charge is -2.12. The molecule has 1 rings (SSSR count). The summed E-state index contributed by atoms with van der Waals surface area (Å²) in [6.45, 7) is 6.00. The Hall–Kier alpha value is -1.43. The first-order valence-corrected chi connectivity index (χ1v) is 5.31. The highest BCUT2D eigenvalue weighted by atomic mass is 16.5. The molecule has 0 fully saturated rings. The zero-order valence-corrected chi connectivity index (χ0v) is 9.86. The number of rotatable bonds is 5. The van der Waals surface area contributed by atoms with Crippen LogP contribution in [0.4, 0.5) is 0 Å². The fraction of sp³-hybridized carbons (Fsp3) is 0.700. The number of nitrogens with zero attached hydrogens (tertiary/aromatic N) is 2. The minimum absolute atomic E-state index is 0.184. The second-order valence-electron chi connectivity index (χ2n) is 4.18. The smallest absolute Gasteiger partial charge is 0.237 e. The molecule has 1 amide bonds. The van der Waals surface area contributed by atoms with Crippen LogP contribution in [0.15, 0.2) is 4.52 Å². The van der Waals surface area contributed by atoms with E-state index in [1.54, 1.807) is 6.92 Å². The third kappa shape index (κ3) is 3.98. The molecule has 0 bridgehead atoms. The molecule has 0 saturated carbocycles. The highest BCUT2D eigenvalue weighted by Crippen LogP contribution is 2.02. The van der Waals surface area contributed by atoms with Gasteiger partial charge in [0.1, 0.15) is 0 Å². The Labute approximate surface area is 94.6 Å². The minimum Gasteiger partial charge on any atom is -0.347 e. The number of amides is 1. The maximum Gasteiger partial charge on any atom is 0.237 e. The third-order valence-electron chi connectivity index (χ3n) is 2.05. The highest BCUT2D eigenvalue weighted by Gasteiger charge is 2.15. The van der Waals surface area contributed by atoms with Crippen molar-refractivity contribution in [2.45, 2.75) is 39.8 Å². The van der Waals surface area contributed by atoms with Crippen molar-refractivity contribution in [1.82, 2.24) is 15.5 Å². The van der Waals surface area contributed by atoms with E-state index in [1.165, 1.54) is 0 Å². The molecule has 0 unspecified atom stereocenters. The summed E-state index contributed by atoms with van der Waals surface area (Å²) in [5.41, 5.74) is 5.71. The standard InChI is InChI=1S/C10H18N4O2/c1-6(2)4-8(11)10(15)12-5-9-13-7(3)16-14-9/h6,8H,4-5,11H2,1-3H3,(H,12,15)/t8-/m1/s1. The molecule has 90 valence electrons. The Bertz CT molecular complexity index is 348. The molecule has 3 N–H and O–H groups in total. The Kier molecular flexibility index (Phi) is 4.42. The lowest BCUT2D eigenvalue weighted by molar-refractivity contribution is -0.122. The lowest BCUT2D eigenvalue weighted by Crippen LogP contribution is -2.41. The van der Waals surface area contributed by atoms with Crippen molar-refractivity contribution in [3.8, 4) is 0 Å². The van der Waals surface area contributed by atoms with Crippen LogP contribution in [0.1, 0.15) is 32.0 Å². The lowest BCUT2D eigenvalue weighted by atomic mass is 10.0. The van der Waals surface area contributed by atoms with Gasteiger partial charge in [0.15, 0.2) is 5.82 Å². The Morgan fingerprint density at radius 1 is 1.56 bits per heavy atom. The van der Waals surface area contributed by atoms with Crippen LogP contribution in [0.2, 0.25) is 0 Å². The number of aryl methyl sites for hydroxylation is 1. The third-order valence-corrected chi connectivity index (χ3v) is 2.05. The van der Waals surface area contributed by atoms with Crippen LogP contribution in [0.3, 0.4) is 0 Å². The zero-order chi connectivity index (χ0) is 12.1. The number of carbonyl (C=O) groups excluding carboxylic acids is 1. The zero-order valence-electron chi connectivity index (χ0n) is 9.86. The average molecular weight is 226 g/mol. The number of nitrogens with two attached hydrogens (primary N) is 1. The van der Waals surface area contributed by atoms with Crippen LogP contribution < -0.4 is 11.1 Å².